The van der Waals surface area contributed by atoms with Gasteiger partial charge in [-0.05, 0) is 81.3 Å². The van der Waals surface area contributed by atoms with Crippen molar-refractivity contribution >= 4 is 47.7 Å². The molecule has 3 fully saturated rings. The van der Waals surface area contributed by atoms with Crippen molar-refractivity contribution in [3.05, 3.63) is 47.7 Å². The first kappa shape index (κ1) is 34.5. The minimum Gasteiger partial charge on any atom is -0.371 e. The van der Waals surface area contributed by atoms with E-state index in [1.165, 1.54) is 19.3 Å². The third-order valence-electron chi connectivity index (χ3n) is 10.8. The van der Waals surface area contributed by atoms with Crippen LogP contribution in [0, 0.1) is 5.92 Å². The highest BCUT2D eigenvalue weighted by Gasteiger charge is 2.43. The Morgan fingerprint density at radius 1 is 0.857 bits per heavy atom. The largest absolute Gasteiger partial charge is 0.371 e. The molecule has 13 nitrogen and oxygen atoms in total. The van der Waals surface area contributed by atoms with Crippen molar-refractivity contribution in [2.45, 2.75) is 64.0 Å². The van der Waals surface area contributed by atoms with Gasteiger partial charge in [0, 0.05) is 64.1 Å². The number of anilines is 3. The molecule has 0 saturated carbocycles. The number of piperazine rings is 1. The lowest BCUT2D eigenvalue weighted by molar-refractivity contribution is -0.128. The van der Waals surface area contributed by atoms with E-state index < -0.39 is 23.8 Å². The summed E-state index contributed by atoms with van der Waals surface area (Å²) in [6.45, 7) is 11.2. The van der Waals surface area contributed by atoms with Gasteiger partial charge in [0.15, 0.2) is 0 Å². The van der Waals surface area contributed by atoms with Gasteiger partial charge in [0.05, 0.1) is 23.0 Å². The number of nitrogens with zero attached hydrogens (tertiary/aromatic N) is 6. The zero-order valence-corrected chi connectivity index (χ0v) is 28.4. The molecule has 49 heavy (non-hydrogen) atoms. The van der Waals surface area contributed by atoms with E-state index in [4.69, 9.17) is 0 Å². The zero-order chi connectivity index (χ0) is 34.3. The average molecular weight is 673 g/mol. The molecule has 2 aromatic rings. The van der Waals surface area contributed by atoms with E-state index in [1.807, 2.05) is 31.3 Å². The fourth-order valence-electron chi connectivity index (χ4n) is 7.94. The topological polar surface area (TPSA) is 138 Å². The molecule has 1 unspecified atom stereocenters. The summed E-state index contributed by atoms with van der Waals surface area (Å²) in [6, 6.07) is 8.80. The van der Waals surface area contributed by atoms with Gasteiger partial charge in [0.1, 0.15) is 11.9 Å². The van der Waals surface area contributed by atoms with Gasteiger partial charge >= 0.3 is 0 Å². The van der Waals surface area contributed by atoms with Crippen LogP contribution in [0.3, 0.4) is 0 Å². The molecule has 1 aromatic heterocycles. The van der Waals surface area contributed by atoms with E-state index in [1.54, 1.807) is 12.1 Å². The second-order valence-corrected chi connectivity index (χ2v) is 13.6. The third kappa shape index (κ3) is 7.78. The number of nitrogens with one attached hydrogen (secondary N) is 2. The first-order valence-corrected chi connectivity index (χ1v) is 17.8. The lowest BCUT2D eigenvalue weighted by Crippen LogP contribution is -2.53. The van der Waals surface area contributed by atoms with Gasteiger partial charge in [-0.2, -0.15) is 0 Å². The second-order valence-electron chi connectivity index (χ2n) is 13.6. The highest BCUT2D eigenvalue weighted by atomic mass is 16.2. The normalized spacial score (nSPS) is 20.3. The van der Waals surface area contributed by atoms with Gasteiger partial charge in [-0.25, -0.2) is 4.98 Å². The first-order valence-electron chi connectivity index (χ1n) is 17.8. The number of hydrogen-bond acceptors (Lipinski definition) is 10. The minimum absolute atomic E-state index is 0.287. The summed E-state index contributed by atoms with van der Waals surface area (Å²) in [4.78, 5) is 75.8. The number of rotatable bonds is 13. The van der Waals surface area contributed by atoms with E-state index in [0.717, 1.165) is 93.9 Å². The highest BCUT2D eigenvalue weighted by molar-refractivity contribution is 6.23. The number of carbonyl (C=O) groups is 5. The number of amides is 5. The van der Waals surface area contributed by atoms with Crippen LogP contribution < -0.4 is 20.4 Å². The molecule has 0 spiro atoms. The lowest BCUT2D eigenvalue weighted by Gasteiger charge is -2.43. The molecule has 6 rings (SSSR count). The van der Waals surface area contributed by atoms with E-state index in [9.17, 15) is 24.0 Å². The number of carbonyl (C=O) groups excluding carboxylic acids is 5. The molecule has 5 heterocycles. The Morgan fingerprint density at radius 3 is 2.18 bits per heavy atom. The summed E-state index contributed by atoms with van der Waals surface area (Å²) in [6.07, 6.45) is 9.36. The van der Waals surface area contributed by atoms with Gasteiger partial charge in [-0.15, -0.1) is 0 Å². The Balaban J connectivity index is 0.927. The Labute approximate surface area is 288 Å². The van der Waals surface area contributed by atoms with Crippen LogP contribution in [-0.4, -0.2) is 121 Å². The Kier molecular flexibility index (Phi) is 11.2. The zero-order valence-electron chi connectivity index (χ0n) is 28.4. The van der Waals surface area contributed by atoms with Gasteiger partial charge in [-0.3, -0.25) is 39.1 Å². The molecule has 3 saturated heterocycles. The molecule has 4 aliphatic rings. The molecule has 5 amide bonds. The first-order chi connectivity index (χ1) is 23.9. The van der Waals surface area contributed by atoms with Crippen molar-refractivity contribution in [2.75, 3.05) is 74.0 Å². The summed E-state index contributed by atoms with van der Waals surface area (Å²) >= 11 is 0. The molecule has 2 N–H and O–H groups in total. The number of imide groups is 2. The maximum atomic E-state index is 13.4. The van der Waals surface area contributed by atoms with E-state index in [-0.39, 0.29) is 12.8 Å². The summed E-state index contributed by atoms with van der Waals surface area (Å²) < 4.78 is 0. The molecular formula is C36H48N8O5. The van der Waals surface area contributed by atoms with Crippen LogP contribution in [0.15, 0.2) is 36.5 Å². The van der Waals surface area contributed by atoms with Crippen LogP contribution in [0.25, 0.3) is 0 Å². The van der Waals surface area contributed by atoms with Crippen LogP contribution in [0.2, 0.25) is 0 Å². The van der Waals surface area contributed by atoms with Gasteiger partial charge < -0.3 is 20.0 Å². The minimum atomic E-state index is -1.01. The molecule has 13 heteroatoms. The fraction of sp³-hybridized carbons (Fsp3) is 0.556. The summed E-state index contributed by atoms with van der Waals surface area (Å²) in [5, 5.41) is 4.70. The number of piperidine rings is 2. The van der Waals surface area contributed by atoms with Crippen LogP contribution in [0.1, 0.15) is 72.6 Å². The van der Waals surface area contributed by atoms with E-state index in [2.05, 4.69) is 35.2 Å². The molecule has 1 aromatic carbocycles. The van der Waals surface area contributed by atoms with Gasteiger partial charge in [0.25, 0.3) is 11.8 Å². The monoisotopic (exact) mass is 672 g/mol. The highest BCUT2D eigenvalue weighted by Crippen LogP contribution is 2.32. The SMILES string of the molecule is CCCC(C(=O)NC=O)N1C(=O)c2ccc(N3CCC(N4CCN(CCC5CCN(c6ccc(NC=O)nc6)CC5)CC4)CC3)cc2C1=O. The quantitative estimate of drug-likeness (QED) is 0.241. The second kappa shape index (κ2) is 15.9. The summed E-state index contributed by atoms with van der Waals surface area (Å²) in [7, 11) is 0. The molecule has 4 aliphatic heterocycles. The predicted molar refractivity (Wildman–Crippen MR) is 187 cm³/mol. The number of fused-ring (bicyclic) bond motifs is 1. The summed E-state index contributed by atoms with van der Waals surface area (Å²) in [5.41, 5.74) is 2.66. The number of aromatic nitrogens is 1. The molecular weight excluding hydrogens is 624 g/mol. The van der Waals surface area contributed by atoms with E-state index in [0.29, 0.717) is 35.8 Å². The summed E-state index contributed by atoms with van der Waals surface area (Å²) in [5.74, 6) is -0.283. The van der Waals surface area contributed by atoms with Crippen molar-refractivity contribution in [3.63, 3.8) is 0 Å². The Bertz CT molecular complexity index is 1500. The number of benzene rings is 1. The van der Waals surface area contributed by atoms with E-state index >= 15 is 0 Å². The third-order valence-corrected chi connectivity index (χ3v) is 10.8. The molecule has 0 radical (unpaired) electrons. The smallest absolute Gasteiger partial charge is 0.262 e. The van der Waals surface area contributed by atoms with Gasteiger partial charge in [0.2, 0.25) is 18.7 Å². The molecule has 0 bridgehead atoms. The Morgan fingerprint density at radius 2 is 1.53 bits per heavy atom. The fourth-order valence-corrected chi connectivity index (χ4v) is 7.94. The number of pyridine rings is 1. The molecule has 262 valence electrons. The van der Waals surface area contributed by atoms with Crippen molar-refractivity contribution in [3.8, 4) is 0 Å². The van der Waals surface area contributed by atoms with Crippen LogP contribution in [-0.2, 0) is 14.4 Å². The Hall–Kier alpha value is -4.36. The standard InChI is InChI=1S/C36H48N8O5/c1-2-3-32(34(47)39-25-46)44-35(48)30-6-4-28(22-31(30)36(44)49)41-16-11-27(12-17-41)43-20-18-40(19-21-43)13-8-26-9-14-42(15-10-26)29-5-7-33(37-23-29)38-24-45/h4-7,22-27,32H,2-3,8-21H2,1H3,(H,37,38,45)(H,39,46,47). The maximum Gasteiger partial charge on any atom is 0.262 e. The van der Waals surface area contributed by atoms with Crippen molar-refractivity contribution < 1.29 is 24.0 Å². The number of hydrogen-bond donors (Lipinski definition) is 2. The van der Waals surface area contributed by atoms with Crippen molar-refractivity contribution in [1.82, 2.24) is 25.0 Å². The van der Waals surface area contributed by atoms with Gasteiger partial charge in [-0.1, -0.05) is 13.3 Å². The molecule has 0 aliphatic carbocycles. The van der Waals surface area contributed by atoms with Crippen LogP contribution >= 0.6 is 0 Å². The average Bonchev–Trinajstić information content (AvgIpc) is 3.38. The molecule has 1 atom stereocenters. The van der Waals surface area contributed by atoms with Crippen molar-refractivity contribution in [2.24, 2.45) is 5.92 Å². The van der Waals surface area contributed by atoms with Crippen LogP contribution in [0.4, 0.5) is 17.2 Å². The predicted octanol–water partition coefficient (Wildman–Crippen LogP) is 2.58. The maximum absolute atomic E-state index is 13.4. The van der Waals surface area contributed by atoms with Crippen LogP contribution in [0.5, 0.6) is 0 Å². The van der Waals surface area contributed by atoms with Crippen molar-refractivity contribution in [1.29, 1.82) is 0 Å². The lowest BCUT2D eigenvalue weighted by atomic mass is 9.93.